The number of amides is 1. The van der Waals surface area contributed by atoms with Gasteiger partial charge in [0.1, 0.15) is 5.82 Å². The smallest absolute Gasteiger partial charge is 0.225 e. The summed E-state index contributed by atoms with van der Waals surface area (Å²) in [4.78, 5) is 11.9. The van der Waals surface area contributed by atoms with Gasteiger partial charge in [-0.15, -0.1) is 0 Å². The lowest BCUT2D eigenvalue weighted by Crippen LogP contribution is -2.41. The van der Waals surface area contributed by atoms with Gasteiger partial charge in [-0.2, -0.15) is 0 Å². The van der Waals surface area contributed by atoms with Gasteiger partial charge in [0.15, 0.2) is 0 Å². The van der Waals surface area contributed by atoms with Gasteiger partial charge in [-0.25, -0.2) is 4.39 Å². The molecular weight excluding hydrogens is 283 g/mol. The molecule has 1 atom stereocenters. The molecule has 22 heavy (non-hydrogen) atoms. The predicted molar refractivity (Wildman–Crippen MR) is 87.2 cm³/mol. The van der Waals surface area contributed by atoms with Crippen LogP contribution in [-0.2, 0) is 4.79 Å². The summed E-state index contributed by atoms with van der Waals surface area (Å²) < 4.78 is 13.1. The highest BCUT2D eigenvalue weighted by molar-refractivity contribution is 5.91. The van der Waals surface area contributed by atoms with Crippen LogP contribution in [0.1, 0.15) is 40.0 Å². The average Bonchev–Trinajstić information content (AvgIpc) is 2.49. The molecule has 4 nitrogen and oxygen atoms in total. The molecule has 124 valence electrons. The van der Waals surface area contributed by atoms with Crippen LogP contribution in [0.4, 0.5) is 10.1 Å². The number of hydrogen-bond donors (Lipinski definition) is 3. The maximum Gasteiger partial charge on any atom is 0.225 e. The Morgan fingerprint density at radius 1 is 1.36 bits per heavy atom. The normalized spacial score (nSPS) is 13.0. The Morgan fingerprint density at radius 3 is 2.59 bits per heavy atom. The van der Waals surface area contributed by atoms with Gasteiger partial charge in [-0.05, 0) is 38.0 Å². The summed E-state index contributed by atoms with van der Waals surface area (Å²) in [6, 6.07) is 5.83. The van der Waals surface area contributed by atoms with Crippen LogP contribution >= 0.6 is 0 Å². The third kappa shape index (κ3) is 5.73. The van der Waals surface area contributed by atoms with Crippen LogP contribution in [0.15, 0.2) is 24.3 Å². The van der Waals surface area contributed by atoms with E-state index in [-0.39, 0.29) is 29.8 Å². The number of rotatable bonds is 9. The highest BCUT2D eigenvalue weighted by Gasteiger charge is 2.25. The zero-order valence-corrected chi connectivity index (χ0v) is 13.7. The van der Waals surface area contributed by atoms with E-state index in [1.807, 2.05) is 6.92 Å². The lowest BCUT2D eigenvalue weighted by molar-refractivity contribution is -0.116. The average molecular weight is 310 g/mol. The Balaban J connectivity index is 2.44. The van der Waals surface area contributed by atoms with E-state index in [1.165, 1.54) is 12.1 Å². The second-order valence-electron chi connectivity index (χ2n) is 5.91. The standard InChI is InChI=1S/C17H27FN2O2/c1-4-17(5-2,12-21)11-19-13(3)9-16(22)20-15-8-6-7-14(18)10-15/h6-8,10,13,19,21H,4-5,9,11-12H2,1-3H3,(H,20,22). The molecule has 1 amide bonds. The van der Waals surface area contributed by atoms with E-state index < -0.39 is 0 Å². The van der Waals surface area contributed by atoms with Crippen LogP contribution in [0.25, 0.3) is 0 Å². The number of halogens is 1. The molecule has 0 fully saturated rings. The summed E-state index contributed by atoms with van der Waals surface area (Å²) in [6.45, 7) is 6.85. The highest BCUT2D eigenvalue weighted by atomic mass is 19.1. The summed E-state index contributed by atoms with van der Waals surface area (Å²) >= 11 is 0. The summed E-state index contributed by atoms with van der Waals surface area (Å²) in [5, 5.41) is 15.5. The minimum atomic E-state index is -0.373. The van der Waals surface area contributed by atoms with Crippen molar-refractivity contribution < 1.29 is 14.3 Å². The molecule has 1 unspecified atom stereocenters. The van der Waals surface area contributed by atoms with E-state index in [0.29, 0.717) is 18.7 Å². The molecular formula is C17H27FN2O2. The summed E-state index contributed by atoms with van der Waals surface area (Å²) in [5.41, 5.74) is 0.330. The van der Waals surface area contributed by atoms with Crippen molar-refractivity contribution >= 4 is 11.6 Å². The van der Waals surface area contributed by atoms with Crippen molar-refractivity contribution in [1.82, 2.24) is 5.32 Å². The first-order valence-corrected chi connectivity index (χ1v) is 7.84. The second-order valence-corrected chi connectivity index (χ2v) is 5.91. The van der Waals surface area contributed by atoms with E-state index in [1.54, 1.807) is 12.1 Å². The number of benzene rings is 1. The van der Waals surface area contributed by atoms with Crippen LogP contribution in [0.2, 0.25) is 0 Å². The Kier molecular flexibility index (Phi) is 7.48. The number of anilines is 1. The second kappa shape index (κ2) is 8.86. The molecule has 0 spiro atoms. The molecule has 0 saturated carbocycles. The van der Waals surface area contributed by atoms with Gasteiger partial charge in [0.05, 0.1) is 0 Å². The molecule has 0 aliphatic carbocycles. The zero-order chi connectivity index (χ0) is 16.6. The molecule has 0 saturated heterocycles. The SMILES string of the molecule is CCC(CC)(CO)CNC(C)CC(=O)Nc1cccc(F)c1. The van der Waals surface area contributed by atoms with Gasteiger partial charge in [0.2, 0.25) is 5.91 Å². The third-order valence-electron chi connectivity index (χ3n) is 4.26. The van der Waals surface area contributed by atoms with E-state index >= 15 is 0 Å². The van der Waals surface area contributed by atoms with Gasteiger partial charge in [0, 0.05) is 36.7 Å². The quantitative estimate of drug-likeness (QED) is 0.657. The van der Waals surface area contributed by atoms with Gasteiger partial charge < -0.3 is 15.7 Å². The van der Waals surface area contributed by atoms with Crippen molar-refractivity contribution in [3.05, 3.63) is 30.1 Å². The molecule has 0 aromatic heterocycles. The van der Waals surface area contributed by atoms with Crippen molar-refractivity contribution in [2.24, 2.45) is 5.41 Å². The molecule has 1 aromatic rings. The molecule has 3 N–H and O–H groups in total. The fourth-order valence-electron chi connectivity index (χ4n) is 2.30. The van der Waals surface area contributed by atoms with Crippen molar-refractivity contribution in [1.29, 1.82) is 0 Å². The lowest BCUT2D eigenvalue weighted by Gasteiger charge is -2.31. The van der Waals surface area contributed by atoms with Crippen LogP contribution in [0.3, 0.4) is 0 Å². The fraction of sp³-hybridized carbons (Fsp3) is 0.588. The zero-order valence-electron chi connectivity index (χ0n) is 13.7. The molecule has 0 bridgehead atoms. The molecule has 0 aliphatic heterocycles. The minimum Gasteiger partial charge on any atom is -0.396 e. The predicted octanol–water partition coefficient (Wildman–Crippen LogP) is 2.93. The Labute approximate surface area is 132 Å². The molecule has 0 heterocycles. The minimum absolute atomic E-state index is 0.0161. The number of hydrogen-bond acceptors (Lipinski definition) is 3. The van der Waals surface area contributed by atoms with Crippen LogP contribution in [0, 0.1) is 11.2 Å². The van der Waals surface area contributed by atoms with E-state index in [9.17, 15) is 14.3 Å². The summed E-state index contributed by atoms with van der Waals surface area (Å²) in [7, 11) is 0. The van der Waals surface area contributed by atoms with Crippen LogP contribution < -0.4 is 10.6 Å². The number of nitrogens with one attached hydrogen (secondary N) is 2. The topological polar surface area (TPSA) is 61.4 Å². The van der Waals surface area contributed by atoms with Gasteiger partial charge in [-0.3, -0.25) is 4.79 Å². The first-order valence-electron chi connectivity index (χ1n) is 7.84. The fourth-order valence-corrected chi connectivity index (χ4v) is 2.30. The molecule has 1 aromatic carbocycles. The molecule has 5 heteroatoms. The van der Waals surface area contributed by atoms with E-state index in [2.05, 4.69) is 24.5 Å². The maximum absolute atomic E-state index is 13.1. The number of aliphatic hydroxyl groups is 1. The van der Waals surface area contributed by atoms with Gasteiger partial charge >= 0.3 is 0 Å². The largest absolute Gasteiger partial charge is 0.396 e. The van der Waals surface area contributed by atoms with Crippen molar-refractivity contribution in [3.63, 3.8) is 0 Å². The summed E-state index contributed by atoms with van der Waals surface area (Å²) in [6.07, 6.45) is 2.07. The summed E-state index contributed by atoms with van der Waals surface area (Å²) in [5.74, 6) is -0.532. The van der Waals surface area contributed by atoms with Crippen LogP contribution in [0.5, 0.6) is 0 Å². The van der Waals surface area contributed by atoms with Gasteiger partial charge in [-0.1, -0.05) is 19.9 Å². The first-order chi connectivity index (χ1) is 10.4. The van der Waals surface area contributed by atoms with Crippen molar-refractivity contribution in [3.8, 4) is 0 Å². The Morgan fingerprint density at radius 2 is 2.05 bits per heavy atom. The first kappa shape index (κ1) is 18.6. The van der Waals surface area contributed by atoms with Crippen LogP contribution in [-0.4, -0.2) is 30.2 Å². The number of aliphatic hydroxyl groups excluding tert-OH is 1. The highest BCUT2D eigenvalue weighted by Crippen LogP contribution is 2.24. The third-order valence-corrected chi connectivity index (χ3v) is 4.26. The maximum atomic E-state index is 13.1. The van der Waals surface area contributed by atoms with Gasteiger partial charge in [0.25, 0.3) is 0 Å². The molecule has 0 aliphatic rings. The lowest BCUT2D eigenvalue weighted by atomic mass is 9.83. The Hall–Kier alpha value is -1.46. The number of carbonyl (C=O) groups excluding carboxylic acids is 1. The van der Waals surface area contributed by atoms with E-state index in [4.69, 9.17) is 0 Å². The Bertz CT molecular complexity index is 467. The van der Waals surface area contributed by atoms with E-state index in [0.717, 1.165) is 12.8 Å². The number of carbonyl (C=O) groups is 1. The van der Waals surface area contributed by atoms with Crippen molar-refractivity contribution in [2.45, 2.75) is 46.1 Å². The van der Waals surface area contributed by atoms with Crippen molar-refractivity contribution in [2.75, 3.05) is 18.5 Å². The molecule has 0 radical (unpaired) electrons. The molecule has 1 rings (SSSR count). The monoisotopic (exact) mass is 310 g/mol.